The Kier molecular flexibility index (Phi) is 4.23. The van der Waals surface area contributed by atoms with Gasteiger partial charge < -0.3 is 10.1 Å². The minimum absolute atomic E-state index is 0.255. The van der Waals surface area contributed by atoms with E-state index in [1.807, 2.05) is 19.1 Å². The summed E-state index contributed by atoms with van der Waals surface area (Å²) < 4.78 is 6.76. The summed E-state index contributed by atoms with van der Waals surface area (Å²) in [5, 5.41) is 13.8. The highest BCUT2D eigenvalue weighted by atomic mass is 16.5. The van der Waals surface area contributed by atoms with E-state index in [0.29, 0.717) is 23.7 Å². The Hall–Kier alpha value is -3.29. The van der Waals surface area contributed by atoms with Gasteiger partial charge in [0.25, 0.3) is 5.91 Å². The maximum Gasteiger partial charge on any atom is 0.257 e. The SMILES string of the molecule is CCOc1ccc(C(=O)Nc2cccc(-n3cnnn3)c2)cn1. The third-order valence-electron chi connectivity index (χ3n) is 3.01. The molecule has 0 spiro atoms. The van der Waals surface area contributed by atoms with Gasteiger partial charge in [0, 0.05) is 18.0 Å². The first-order chi connectivity index (χ1) is 11.3. The fourth-order valence-corrected chi connectivity index (χ4v) is 1.96. The van der Waals surface area contributed by atoms with Gasteiger partial charge in [0.15, 0.2) is 0 Å². The number of carbonyl (C=O) groups is 1. The van der Waals surface area contributed by atoms with Gasteiger partial charge in [0.05, 0.1) is 17.9 Å². The highest BCUT2D eigenvalue weighted by Gasteiger charge is 2.08. The van der Waals surface area contributed by atoms with Crippen molar-refractivity contribution in [2.24, 2.45) is 0 Å². The Balaban J connectivity index is 1.73. The zero-order chi connectivity index (χ0) is 16.1. The van der Waals surface area contributed by atoms with Crippen LogP contribution in [0.3, 0.4) is 0 Å². The van der Waals surface area contributed by atoms with Gasteiger partial charge in [-0.05, 0) is 41.6 Å². The Morgan fingerprint density at radius 3 is 2.91 bits per heavy atom. The van der Waals surface area contributed by atoms with Gasteiger partial charge in [-0.2, -0.15) is 0 Å². The molecule has 0 bridgehead atoms. The van der Waals surface area contributed by atoms with E-state index in [2.05, 4.69) is 25.8 Å². The largest absolute Gasteiger partial charge is 0.478 e. The molecule has 0 unspecified atom stereocenters. The average Bonchev–Trinajstić information content (AvgIpc) is 3.11. The smallest absolute Gasteiger partial charge is 0.257 e. The fraction of sp³-hybridized carbons (Fsp3) is 0.133. The predicted molar refractivity (Wildman–Crippen MR) is 82.5 cm³/mol. The summed E-state index contributed by atoms with van der Waals surface area (Å²) >= 11 is 0. The zero-order valence-corrected chi connectivity index (χ0v) is 12.4. The van der Waals surface area contributed by atoms with Crippen LogP contribution in [-0.2, 0) is 0 Å². The lowest BCUT2D eigenvalue weighted by Crippen LogP contribution is -2.12. The van der Waals surface area contributed by atoms with E-state index in [0.717, 1.165) is 5.69 Å². The molecule has 0 radical (unpaired) electrons. The van der Waals surface area contributed by atoms with Crippen molar-refractivity contribution in [2.75, 3.05) is 11.9 Å². The molecule has 8 heteroatoms. The van der Waals surface area contributed by atoms with Gasteiger partial charge in [-0.1, -0.05) is 6.07 Å². The van der Waals surface area contributed by atoms with E-state index in [1.165, 1.54) is 17.2 Å². The Labute approximate surface area is 132 Å². The number of carbonyl (C=O) groups excluding carboxylic acids is 1. The van der Waals surface area contributed by atoms with Crippen LogP contribution in [-0.4, -0.2) is 37.7 Å². The second-order valence-electron chi connectivity index (χ2n) is 4.58. The number of aromatic nitrogens is 5. The highest BCUT2D eigenvalue weighted by Crippen LogP contribution is 2.15. The van der Waals surface area contributed by atoms with Crippen LogP contribution >= 0.6 is 0 Å². The van der Waals surface area contributed by atoms with E-state index in [1.54, 1.807) is 24.3 Å². The Morgan fingerprint density at radius 2 is 2.22 bits per heavy atom. The molecule has 2 aromatic heterocycles. The number of pyridine rings is 1. The summed E-state index contributed by atoms with van der Waals surface area (Å²) in [6.07, 6.45) is 2.96. The van der Waals surface area contributed by atoms with Crippen LogP contribution in [0.1, 0.15) is 17.3 Å². The normalized spacial score (nSPS) is 10.3. The molecule has 1 amide bonds. The molecule has 0 aliphatic carbocycles. The molecule has 0 aliphatic heterocycles. The molecule has 1 aromatic carbocycles. The zero-order valence-electron chi connectivity index (χ0n) is 12.4. The first kappa shape index (κ1) is 14.6. The number of hydrogen-bond donors (Lipinski definition) is 1. The van der Waals surface area contributed by atoms with E-state index >= 15 is 0 Å². The second-order valence-corrected chi connectivity index (χ2v) is 4.58. The number of tetrazole rings is 1. The number of ether oxygens (including phenoxy) is 1. The number of amides is 1. The van der Waals surface area contributed by atoms with E-state index in [9.17, 15) is 4.79 Å². The Morgan fingerprint density at radius 1 is 1.30 bits per heavy atom. The van der Waals surface area contributed by atoms with E-state index < -0.39 is 0 Å². The number of benzene rings is 1. The van der Waals surface area contributed by atoms with Gasteiger partial charge in [-0.15, -0.1) is 5.10 Å². The van der Waals surface area contributed by atoms with Crippen LogP contribution in [0, 0.1) is 0 Å². The van der Waals surface area contributed by atoms with Crippen molar-refractivity contribution in [1.29, 1.82) is 0 Å². The molecule has 0 atom stereocenters. The van der Waals surface area contributed by atoms with E-state index in [-0.39, 0.29) is 5.91 Å². The molecular weight excluding hydrogens is 296 g/mol. The number of hydrogen-bond acceptors (Lipinski definition) is 6. The van der Waals surface area contributed by atoms with Crippen molar-refractivity contribution < 1.29 is 9.53 Å². The summed E-state index contributed by atoms with van der Waals surface area (Å²) in [6.45, 7) is 2.41. The summed E-state index contributed by atoms with van der Waals surface area (Å²) in [7, 11) is 0. The highest BCUT2D eigenvalue weighted by molar-refractivity contribution is 6.04. The molecule has 0 aliphatic rings. The predicted octanol–water partition coefficient (Wildman–Crippen LogP) is 1.71. The molecule has 0 saturated carbocycles. The minimum Gasteiger partial charge on any atom is -0.478 e. The van der Waals surface area contributed by atoms with Crippen molar-refractivity contribution >= 4 is 11.6 Å². The van der Waals surface area contributed by atoms with Crippen molar-refractivity contribution in [1.82, 2.24) is 25.2 Å². The molecule has 8 nitrogen and oxygen atoms in total. The van der Waals surface area contributed by atoms with Gasteiger partial charge in [-0.25, -0.2) is 9.67 Å². The monoisotopic (exact) mass is 310 g/mol. The molecule has 116 valence electrons. The molecule has 0 saturated heterocycles. The number of rotatable bonds is 5. The molecule has 3 aromatic rings. The van der Waals surface area contributed by atoms with Crippen LogP contribution in [0.15, 0.2) is 48.9 Å². The lowest BCUT2D eigenvalue weighted by molar-refractivity contribution is 0.102. The van der Waals surface area contributed by atoms with Crippen molar-refractivity contribution in [3.05, 3.63) is 54.5 Å². The van der Waals surface area contributed by atoms with Gasteiger partial charge in [-0.3, -0.25) is 4.79 Å². The Bertz CT molecular complexity index is 786. The van der Waals surface area contributed by atoms with Crippen molar-refractivity contribution in [2.45, 2.75) is 6.92 Å². The molecule has 3 rings (SSSR count). The molecule has 2 heterocycles. The van der Waals surface area contributed by atoms with Crippen LogP contribution in [0.25, 0.3) is 5.69 Å². The summed E-state index contributed by atoms with van der Waals surface area (Å²) in [6, 6.07) is 10.5. The number of nitrogens with zero attached hydrogens (tertiary/aromatic N) is 5. The average molecular weight is 310 g/mol. The molecular formula is C15H14N6O2. The second kappa shape index (κ2) is 6.65. The topological polar surface area (TPSA) is 94.8 Å². The van der Waals surface area contributed by atoms with E-state index in [4.69, 9.17) is 4.74 Å². The first-order valence-electron chi connectivity index (χ1n) is 7.00. The van der Waals surface area contributed by atoms with Gasteiger partial charge in [0.1, 0.15) is 6.33 Å². The maximum absolute atomic E-state index is 12.2. The number of anilines is 1. The lowest BCUT2D eigenvalue weighted by atomic mass is 10.2. The maximum atomic E-state index is 12.2. The third-order valence-corrected chi connectivity index (χ3v) is 3.01. The minimum atomic E-state index is -0.255. The quantitative estimate of drug-likeness (QED) is 0.771. The summed E-state index contributed by atoms with van der Waals surface area (Å²) in [5.41, 5.74) is 1.83. The molecule has 0 fully saturated rings. The van der Waals surface area contributed by atoms with Gasteiger partial charge >= 0.3 is 0 Å². The van der Waals surface area contributed by atoms with Crippen LogP contribution in [0.2, 0.25) is 0 Å². The molecule has 1 N–H and O–H groups in total. The van der Waals surface area contributed by atoms with Crippen molar-refractivity contribution in [3.8, 4) is 11.6 Å². The first-order valence-corrected chi connectivity index (χ1v) is 7.00. The summed E-state index contributed by atoms with van der Waals surface area (Å²) in [4.78, 5) is 16.3. The van der Waals surface area contributed by atoms with Crippen LogP contribution in [0.5, 0.6) is 5.88 Å². The fourth-order valence-electron chi connectivity index (χ4n) is 1.96. The van der Waals surface area contributed by atoms with Crippen LogP contribution < -0.4 is 10.1 Å². The standard InChI is InChI=1S/C15H14N6O2/c1-2-23-14-7-6-11(9-16-14)15(22)18-12-4-3-5-13(8-12)21-10-17-19-20-21/h3-10H,2H2,1H3,(H,18,22). The third kappa shape index (κ3) is 3.49. The van der Waals surface area contributed by atoms with Crippen LogP contribution in [0.4, 0.5) is 5.69 Å². The molecule has 23 heavy (non-hydrogen) atoms. The summed E-state index contributed by atoms with van der Waals surface area (Å²) in [5.74, 6) is 0.235. The van der Waals surface area contributed by atoms with Gasteiger partial charge in [0.2, 0.25) is 5.88 Å². The number of nitrogens with one attached hydrogen (secondary N) is 1. The van der Waals surface area contributed by atoms with Crippen molar-refractivity contribution in [3.63, 3.8) is 0 Å². The lowest BCUT2D eigenvalue weighted by Gasteiger charge is -2.07.